The van der Waals surface area contributed by atoms with Crippen molar-refractivity contribution in [1.82, 2.24) is 14.9 Å². The summed E-state index contributed by atoms with van der Waals surface area (Å²) in [5, 5.41) is 17.0. The van der Waals surface area contributed by atoms with Gasteiger partial charge in [0.05, 0.1) is 41.1 Å². The van der Waals surface area contributed by atoms with Crippen LogP contribution >= 0.6 is 11.6 Å². The fraction of sp³-hybridized carbons (Fsp3) is 0.667. The Bertz CT molecular complexity index is 1880. The topological polar surface area (TPSA) is 170 Å². The van der Waals surface area contributed by atoms with Crippen molar-refractivity contribution in [3.63, 3.8) is 0 Å². The van der Waals surface area contributed by atoms with Gasteiger partial charge in [0.15, 0.2) is 18.0 Å². The molecule has 3 aliphatic heterocycles. The van der Waals surface area contributed by atoms with Crippen LogP contribution in [0.4, 0.5) is 4.79 Å². The highest BCUT2D eigenvalue weighted by molar-refractivity contribution is 6.31. The molecule has 5 rings (SSSR count). The van der Waals surface area contributed by atoms with Gasteiger partial charge in [-0.05, 0) is 67.1 Å². The van der Waals surface area contributed by atoms with Crippen LogP contribution in [0.2, 0.25) is 5.02 Å². The van der Waals surface area contributed by atoms with E-state index in [2.05, 4.69) is 21.8 Å². The fourth-order valence-corrected chi connectivity index (χ4v) is 9.29. The van der Waals surface area contributed by atoms with Crippen molar-refractivity contribution in [2.24, 2.45) is 28.8 Å². The lowest BCUT2D eigenvalue weighted by molar-refractivity contribution is -0.302. The van der Waals surface area contributed by atoms with Crippen LogP contribution in [0.1, 0.15) is 85.8 Å². The number of hydrogen-bond donors (Lipinski definition) is 1. The van der Waals surface area contributed by atoms with E-state index >= 15 is 0 Å². The van der Waals surface area contributed by atoms with Gasteiger partial charge in [-0.1, -0.05) is 74.5 Å². The normalized spacial score (nSPS) is 36.8. The van der Waals surface area contributed by atoms with Crippen LogP contribution in [0.25, 0.3) is 0 Å². The van der Waals surface area contributed by atoms with Gasteiger partial charge in [0, 0.05) is 53.9 Å². The molecule has 1 aromatic heterocycles. The molecule has 2 aromatic rings. The molecule has 0 aliphatic carbocycles. The molecular weight excluding hydrogens is 808 g/mol. The molecule has 4 heterocycles. The van der Waals surface area contributed by atoms with Gasteiger partial charge in [0.25, 0.3) is 0 Å². The van der Waals surface area contributed by atoms with E-state index in [4.69, 9.17) is 54.8 Å². The van der Waals surface area contributed by atoms with Crippen molar-refractivity contribution >= 4 is 29.4 Å². The lowest BCUT2D eigenvalue weighted by atomic mass is 9.73. The van der Waals surface area contributed by atoms with Crippen molar-refractivity contribution < 1.29 is 52.7 Å². The highest BCUT2D eigenvalue weighted by Gasteiger charge is 2.59. The second-order valence-electron chi connectivity index (χ2n) is 17.2. The number of aromatic nitrogens is 2. The van der Waals surface area contributed by atoms with E-state index < -0.39 is 83.8 Å². The molecule has 1 aromatic carbocycles. The van der Waals surface area contributed by atoms with Crippen molar-refractivity contribution in [1.29, 1.82) is 0 Å². The summed E-state index contributed by atoms with van der Waals surface area (Å²) in [5.41, 5.74) is -0.720. The Morgan fingerprint density at radius 1 is 1.05 bits per heavy atom. The van der Waals surface area contributed by atoms with E-state index in [0.29, 0.717) is 29.1 Å². The van der Waals surface area contributed by atoms with Crippen molar-refractivity contribution in [3.05, 3.63) is 59.1 Å². The minimum atomic E-state index is -1.41. The number of aliphatic hydroxyl groups excluding tert-OH is 1. The van der Waals surface area contributed by atoms with Crippen LogP contribution in [0.3, 0.4) is 0 Å². The monoisotopic (exact) mass is 870 g/mol. The van der Waals surface area contributed by atoms with E-state index in [0.717, 1.165) is 5.56 Å². The summed E-state index contributed by atoms with van der Waals surface area (Å²) in [6.45, 7) is 14.9. The van der Waals surface area contributed by atoms with E-state index in [1.165, 1.54) is 6.33 Å². The first-order valence-corrected chi connectivity index (χ1v) is 21.4. The number of aliphatic hydroxyl groups is 1. The number of oxime groups is 1. The van der Waals surface area contributed by atoms with E-state index in [1.54, 1.807) is 39.4 Å². The number of halogens is 1. The Labute approximate surface area is 365 Å². The standard InChI is InChI=1S/C45H63ClN4O11/c1-12-35-45(8)40(60-43(53)61-45)28(4)36(49-56-24-32-17-13-14-18-33(32)46)26(2)21-44(7,54-11)39(59-42-37(51)34(50(9)10)20-27(3)57-42)29(5)38(30(6)41(52)58-35)55-19-15-16-31-22-47-25-48-23-31/h13-14,17-18,22-23,25-30,34-35,37-40,42,51H,12,19-21,24H2,1-11H3/b49-36+/t26-,27-,28+,29+,30-,34+,35-,37-,38+,39-,40-,42+,44-,45-/m1/s1. The summed E-state index contributed by atoms with van der Waals surface area (Å²) in [5.74, 6) is 2.88. The molecule has 3 fully saturated rings. The number of nitrogens with zero attached hydrogens (tertiary/aromatic N) is 4. The molecule has 14 atom stereocenters. The van der Waals surface area contributed by atoms with Gasteiger partial charge < -0.3 is 48.0 Å². The molecule has 0 radical (unpaired) electrons. The smallest absolute Gasteiger partial charge is 0.458 e. The fourth-order valence-electron chi connectivity index (χ4n) is 9.10. The third-order valence-electron chi connectivity index (χ3n) is 12.5. The van der Waals surface area contributed by atoms with Crippen LogP contribution in [-0.2, 0) is 49.4 Å². The van der Waals surface area contributed by atoms with E-state index in [9.17, 15) is 14.7 Å². The molecule has 0 spiro atoms. The summed E-state index contributed by atoms with van der Waals surface area (Å²) in [4.78, 5) is 43.6. The SMILES string of the molecule is CC[C@H]1OC(=O)[C@H](C)[C@@H](OCC#Cc2cncnc2)[C@H](C)[C@@H](O[C@@H]2O[C@H](C)C[C@H](N(C)C)[C@H]2O)[C@](C)(OC)C[C@@H](C)/C(=N\OCc2ccccc2Cl)[C@H](C)[C@H]2OC(=O)O[C@@]21C. The van der Waals surface area contributed by atoms with Gasteiger partial charge in [0.2, 0.25) is 0 Å². The Kier molecular flexibility index (Phi) is 16.6. The predicted molar refractivity (Wildman–Crippen MR) is 226 cm³/mol. The number of ether oxygens (including phenoxy) is 7. The molecule has 0 saturated carbocycles. The number of cyclic esters (lactones) is 1. The molecule has 3 saturated heterocycles. The zero-order valence-corrected chi connectivity index (χ0v) is 38.0. The van der Waals surface area contributed by atoms with E-state index in [-0.39, 0.29) is 31.8 Å². The molecule has 0 amide bonds. The molecule has 0 unspecified atom stereocenters. The zero-order valence-electron chi connectivity index (χ0n) is 37.2. The number of carbonyl (C=O) groups is 2. The molecule has 61 heavy (non-hydrogen) atoms. The molecule has 1 N–H and O–H groups in total. The van der Waals surface area contributed by atoms with Gasteiger partial charge in [-0.3, -0.25) is 4.79 Å². The van der Waals surface area contributed by atoms with Crippen molar-refractivity contribution in [3.8, 4) is 11.8 Å². The summed E-state index contributed by atoms with van der Waals surface area (Å²) in [6.07, 6.45) is -1.10. The average Bonchev–Trinajstić information content (AvgIpc) is 3.55. The lowest BCUT2D eigenvalue weighted by Gasteiger charge is -2.48. The van der Waals surface area contributed by atoms with Crippen molar-refractivity contribution in [2.75, 3.05) is 27.8 Å². The first-order valence-electron chi connectivity index (χ1n) is 21.0. The first kappa shape index (κ1) is 48.2. The second-order valence-corrected chi connectivity index (χ2v) is 17.6. The molecule has 336 valence electrons. The van der Waals surface area contributed by atoms with Crippen LogP contribution in [0.5, 0.6) is 0 Å². The number of hydrogen-bond acceptors (Lipinski definition) is 15. The number of fused-ring (bicyclic) bond motifs is 1. The predicted octanol–water partition coefficient (Wildman–Crippen LogP) is 6.22. The van der Waals surface area contributed by atoms with Crippen LogP contribution in [-0.4, -0.2) is 126 Å². The Morgan fingerprint density at radius 3 is 2.41 bits per heavy atom. The second kappa shape index (κ2) is 21.0. The zero-order chi connectivity index (χ0) is 44.6. The van der Waals surface area contributed by atoms with Crippen LogP contribution in [0, 0.1) is 35.5 Å². The van der Waals surface area contributed by atoms with Crippen LogP contribution in [0.15, 0.2) is 48.1 Å². The van der Waals surface area contributed by atoms with E-state index in [1.807, 2.05) is 78.7 Å². The molecule has 3 aliphatic rings. The minimum absolute atomic E-state index is 0.0690. The van der Waals surface area contributed by atoms with Gasteiger partial charge >= 0.3 is 12.1 Å². The Morgan fingerprint density at radius 2 is 1.75 bits per heavy atom. The maximum absolute atomic E-state index is 14.5. The average molecular weight is 871 g/mol. The lowest BCUT2D eigenvalue weighted by Crippen LogP contribution is -2.60. The number of methoxy groups -OCH3 is 1. The number of benzene rings is 1. The molecule has 0 bridgehead atoms. The third kappa shape index (κ3) is 11.2. The largest absolute Gasteiger partial charge is 0.509 e. The van der Waals surface area contributed by atoms with Gasteiger partial charge in [-0.2, -0.15) is 0 Å². The Hall–Kier alpha value is -3.88. The number of carbonyl (C=O) groups excluding carboxylic acids is 2. The van der Waals surface area contributed by atoms with Crippen LogP contribution < -0.4 is 0 Å². The minimum Gasteiger partial charge on any atom is -0.458 e. The Balaban J connectivity index is 1.63. The molecular formula is C45H63ClN4O11. The third-order valence-corrected chi connectivity index (χ3v) is 12.8. The highest BCUT2D eigenvalue weighted by Crippen LogP contribution is 2.43. The molecule has 16 heteroatoms. The number of esters is 1. The summed E-state index contributed by atoms with van der Waals surface area (Å²) in [7, 11) is 5.41. The van der Waals surface area contributed by atoms with Gasteiger partial charge in [0.1, 0.15) is 31.7 Å². The molecule has 15 nitrogen and oxygen atoms in total. The first-order chi connectivity index (χ1) is 28.9. The van der Waals surface area contributed by atoms with Gasteiger partial charge in [-0.15, -0.1) is 0 Å². The number of rotatable bonds is 10. The number of likely N-dealkylation sites (N-methyl/N-ethyl adjacent to an activating group) is 1. The highest BCUT2D eigenvalue weighted by atomic mass is 35.5. The quantitative estimate of drug-likeness (QED) is 0.162. The maximum atomic E-state index is 14.5. The summed E-state index contributed by atoms with van der Waals surface area (Å²) < 4.78 is 44.5. The van der Waals surface area contributed by atoms with Gasteiger partial charge in [-0.25, -0.2) is 14.8 Å². The maximum Gasteiger partial charge on any atom is 0.509 e. The van der Waals surface area contributed by atoms with Crippen molar-refractivity contribution in [2.45, 2.75) is 141 Å². The summed E-state index contributed by atoms with van der Waals surface area (Å²) in [6, 6.07) is 7.05. The summed E-state index contributed by atoms with van der Waals surface area (Å²) >= 11 is 6.48.